The molecule has 2 saturated heterocycles. The molecule has 31 heavy (non-hydrogen) atoms. The summed E-state index contributed by atoms with van der Waals surface area (Å²) in [7, 11) is 0. The molecule has 162 valence electrons. The topological polar surface area (TPSA) is 57.7 Å². The number of carbonyl (C=O) groups excluding carboxylic acids is 3. The minimum atomic E-state index is -0.358. The Labute approximate surface area is 181 Å². The van der Waals surface area contributed by atoms with Gasteiger partial charge in [0.25, 0.3) is 0 Å². The number of nitrogens with zero attached hydrogens (tertiary/aromatic N) is 2. The van der Waals surface area contributed by atoms with Crippen molar-refractivity contribution in [1.82, 2.24) is 4.90 Å². The van der Waals surface area contributed by atoms with E-state index >= 15 is 0 Å². The highest BCUT2D eigenvalue weighted by molar-refractivity contribution is 5.98. The van der Waals surface area contributed by atoms with Crippen molar-refractivity contribution in [3.8, 4) is 0 Å². The van der Waals surface area contributed by atoms with Crippen molar-refractivity contribution in [1.29, 1.82) is 0 Å². The lowest BCUT2D eigenvalue weighted by molar-refractivity contribution is -0.137. The van der Waals surface area contributed by atoms with Crippen LogP contribution in [-0.2, 0) is 4.79 Å². The fourth-order valence-corrected chi connectivity index (χ4v) is 4.65. The van der Waals surface area contributed by atoms with E-state index < -0.39 is 0 Å². The van der Waals surface area contributed by atoms with Crippen LogP contribution in [0, 0.1) is 17.7 Å². The number of hydrogen-bond donors (Lipinski definition) is 0. The van der Waals surface area contributed by atoms with Gasteiger partial charge in [-0.1, -0.05) is 0 Å². The SMILES string of the molecule is O=Cc1ccc(N2CCC(C(=O)N3CCC[C@H](C(=O)c4ccc(F)cc4)C3)CC2)cc1. The summed E-state index contributed by atoms with van der Waals surface area (Å²) in [5, 5.41) is 0. The van der Waals surface area contributed by atoms with Gasteiger partial charge in [0.15, 0.2) is 5.78 Å². The van der Waals surface area contributed by atoms with E-state index in [0.717, 1.165) is 50.7 Å². The fourth-order valence-electron chi connectivity index (χ4n) is 4.65. The van der Waals surface area contributed by atoms with Gasteiger partial charge in [-0.2, -0.15) is 0 Å². The van der Waals surface area contributed by atoms with Crippen LogP contribution in [0.2, 0.25) is 0 Å². The Kier molecular flexibility index (Phi) is 6.44. The molecule has 0 aromatic heterocycles. The van der Waals surface area contributed by atoms with Gasteiger partial charge in [0.05, 0.1) is 0 Å². The van der Waals surface area contributed by atoms with Crippen molar-refractivity contribution in [2.24, 2.45) is 11.8 Å². The van der Waals surface area contributed by atoms with E-state index in [1.54, 1.807) is 0 Å². The fraction of sp³-hybridized carbons (Fsp3) is 0.400. The molecule has 6 heteroatoms. The van der Waals surface area contributed by atoms with E-state index in [1.165, 1.54) is 24.3 Å². The maximum Gasteiger partial charge on any atom is 0.225 e. The molecule has 0 N–H and O–H groups in total. The number of rotatable bonds is 5. The zero-order chi connectivity index (χ0) is 21.8. The van der Waals surface area contributed by atoms with Crippen molar-refractivity contribution in [3.05, 3.63) is 65.5 Å². The van der Waals surface area contributed by atoms with E-state index in [-0.39, 0.29) is 29.3 Å². The number of benzene rings is 2. The van der Waals surface area contributed by atoms with E-state index in [0.29, 0.717) is 24.2 Å². The minimum absolute atomic E-state index is 0.00825. The van der Waals surface area contributed by atoms with E-state index in [1.807, 2.05) is 29.2 Å². The van der Waals surface area contributed by atoms with Gasteiger partial charge in [0.1, 0.15) is 12.1 Å². The van der Waals surface area contributed by atoms with Crippen LogP contribution in [0.4, 0.5) is 10.1 Å². The highest BCUT2D eigenvalue weighted by atomic mass is 19.1. The van der Waals surface area contributed by atoms with Crippen molar-refractivity contribution in [2.45, 2.75) is 25.7 Å². The average molecular weight is 423 g/mol. The smallest absolute Gasteiger partial charge is 0.225 e. The maximum absolute atomic E-state index is 13.2. The van der Waals surface area contributed by atoms with Gasteiger partial charge >= 0.3 is 0 Å². The van der Waals surface area contributed by atoms with Crippen molar-refractivity contribution in [3.63, 3.8) is 0 Å². The molecule has 2 aliphatic rings. The van der Waals surface area contributed by atoms with Crippen LogP contribution in [0.5, 0.6) is 0 Å². The standard InChI is InChI=1S/C25H27FN2O3/c26-22-7-5-19(6-8-22)24(30)21-2-1-13-28(16-21)25(31)20-11-14-27(15-12-20)23-9-3-18(17-29)4-10-23/h3-10,17,20-21H,1-2,11-16H2/t21-/m0/s1. The molecule has 0 aliphatic carbocycles. The molecule has 0 saturated carbocycles. The first kappa shape index (κ1) is 21.2. The van der Waals surface area contributed by atoms with Gasteiger partial charge in [-0.3, -0.25) is 14.4 Å². The normalized spacial score (nSPS) is 19.8. The number of likely N-dealkylation sites (tertiary alicyclic amines) is 1. The molecule has 2 heterocycles. The average Bonchev–Trinajstić information content (AvgIpc) is 2.84. The molecule has 0 unspecified atom stereocenters. The second-order valence-electron chi connectivity index (χ2n) is 8.47. The molecule has 0 spiro atoms. The van der Waals surface area contributed by atoms with Gasteiger partial charge in [-0.25, -0.2) is 4.39 Å². The summed E-state index contributed by atoms with van der Waals surface area (Å²) in [5.74, 6) is -0.466. The summed E-state index contributed by atoms with van der Waals surface area (Å²) in [6.45, 7) is 2.73. The maximum atomic E-state index is 13.2. The third kappa shape index (κ3) is 4.84. The molecule has 1 atom stereocenters. The lowest BCUT2D eigenvalue weighted by Gasteiger charge is -2.38. The number of ketones is 1. The Morgan fingerprint density at radius 1 is 0.871 bits per heavy atom. The first-order valence-electron chi connectivity index (χ1n) is 10.9. The molecule has 2 aliphatic heterocycles. The first-order valence-corrected chi connectivity index (χ1v) is 10.9. The molecule has 2 aromatic carbocycles. The lowest BCUT2D eigenvalue weighted by Crippen LogP contribution is -2.47. The molecule has 0 radical (unpaired) electrons. The highest BCUT2D eigenvalue weighted by Gasteiger charge is 2.33. The van der Waals surface area contributed by atoms with Crippen molar-refractivity contribution in [2.75, 3.05) is 31.1 Å². The molecule has 4 rings (SSSR count). The highest BCUT2D eigenvalue weighted by Crippen LogP contribution is 2.28. The van der Waals surface area contributed by atoms with Crippen LogP contribution in [0.1, 0.15) is 46.4 Å². The summed E-state index contributed by atoms with van der Waals surface area (Å²) in [6, 6.07) is 13.2. The number of Topliss-reactive ketones (excluding diaryl/α,β-unsaturated/α-hetero) is 1. The molecule has 5 nitrogen and oxygen atoms in total. The van der Waals surface area contributed by atoms with Gasteiger partial charge in [-0.05, 0) is 74.2 Å². The lowest BCUT2D eigenvalue weighted by atomic mass is 9.88. The molecule has 1 amide bonds. The van der Waals surface area contributed by atoms with Gasteiger partial charge in [0.2, 0.25) is 5.91 Å². The summed E-state index contributed by atoms with van der Waals surface area (Å²) < 4.78 is 13.2. The molecule has 2 fully saturated rings. The van der Waals surface area contributed by atoms with E-state index in [4.69, 9.17) is 0 Å². The Morgan fingerprint density at radius 3 is 2.19 bits per heavy atom. The largest absolute Gasteiger partial charge is 0.371 e. The predicted molar refractivity (Wildman–Crippen MR) is 117 cm³/mol. The Bertz CT molecular complexity index is 934. The Balaban J connectivity index is 1.33. The summed E-state index contributed by atoms with van der Waals surface area (Å²) in [5.41, 5.74) is 2.23. The van der Waals surface area contributed by atoms with Crippen LogP contribution in [0.3, 0.4) is 0 Å². The van der Waals surface area contributed by atoms with Crippen LogP contribution in [0.25, 0.3) is 0 Å². The van der Waals surface area contributed by atoms with E-state index in [9.17, 15) is 18.8 Å². The summed E-state index contributed by atoms with van der Waals surface area (Å²) in [4.78, 5) is 40.9. The van der Waals surface area contributed by atoms with Gasteiger partial charge in [-0.15, -0.1) is 0 Å². The number of anilines is 1. The number of piperidine rings is 2. The number of hydrogen-bond acceptors (Lipinski definition) is 4. The van der Waals surface area contributed by atoms with Crippen LogP contribution < -0.4 is 4.90 Å². The second-order valence-corrected chi connectivity index (χ2v) is 8.47. The van der Waals surface area contributed by atoms with Crippen molar-refractivity contribution >= 4 is 23.7 Å². The van der Waals surface area contributed by atoms with Gasteiger partial charge in [0, 0.05) is 54.8 Å². The minimum Gasteiger partial charge on any atom is -0.371 e. The number of carbonyl (C=O) groups is 3. The quantitative estimate of drug-likeness (QED) is 0.540. The van der Waals surface area contributed by atoms with Crippen LogP contribution in [-0.4, -0.2) is 49.1 Å². The number of halogens is 1. The summed E-state index contributed by atoms with van der Waals surface area (Å²) in [6.07, 6.45) is 3.96. The number of aldehydes is 1. The number of amides is 1. The predicted octanol–water partition coefficient (Wildman–Crippen LogP) is 3.98. The zero-order valence-electron chi connectivity index (χ0n) is 17.5. The molecular weight excluding hydrogens is 395 g/mol. The summed E-state index contributed by atoms with van der Waals surface area (Å²) >= 11 is 0. The Hall–Kier alpha value is -3.02. The second kappa shape index (κ2) is 9.41. The molecule has 2 aromatic rings. The zero-order valence-corrected chi connectivity index (χ0v) is 17.5. The Morgan fingerprint density at radius 2 is 1.55 bits per heavy atom. The third-order valence-electron chi connectivity index (χ3n) is 6.47. The van der Waals surface area contributed by atoms with Gasteiger partial charge < -0.3 is 9.80 Å². The van der Waals surface area contributed by atoms with Crippen LogP contribution >= 0.6 is 0 Å². The monoisotopic (exact) mass is 422 g/mol. The van der Waals surface area contributed by atoms with E-state index in [2.05, 4.69) is 4.90 Å². The molecule has 0 bridgehead atoms. The first-order chi connectivity index (χ1) is 15.0. The third-order valence-corrected chi connectivity index (χ3v) is 6.47. The van der Waals surface area contributed by atoms with Crippen LogP contribution in [0.15, 0.2) is 48.5 Å². The van der Waals surface area contributed by atoms with Crippen molar-refractivity contribution < 1.29 is 18.8 Å². The molecular formula is C25H27FN2O3.